The lowest BCUT2D eigenvalue weighted by Crippen LogP contribution is -2.29. The summed E-state index contributed by atoms with van der Waals surface area (Å²) in [5.74, 6) is 0.688. The Bertz CT molecular complexity index is 1510. The Morgan fingerprint density at radius 3 is 2.63 bits per heavy atom. The average Bonchev–Trinajstić information content (AvgIpc) is 3.33. The van der Waals surface area contributed by atoms with Crippen LogP contribution in [-0.4, -0.2) is 24.6 Å². The second-order valence-electron chi connectivity index (χ2n) is 8.29. The predicted molar refractivity (Wildman–Crippen MR) is 137 cm³/mol. The summed E-state index contributed by atoms with van der Waals surface area (Å²) in [7, 11) is 1.56. The van der Waals surface area contributed by atoms with Gasteiger partial charge in [-0.25, -0.2) is 4.98 Å². The normalized spacial score (nSPS) is 15.1. The molecule has 1 aliphatic rings. The van der Waals surface area contributed by atoms with E-state index in [4.69, 9.17) is 25.5 Å². The summed E-state index contributed by atoms with van der Waals surface area (Å²) in [6, 6.07) is 9.46. The monoisotopic (exact) mass is 510 g/mol. The van der Waals surface area contributed by atoms with Gasteiger partial charge in [0.05, 0.1) is 36.4 Å². The van der Waals surface area contributed by atoms with Gasteiger partial charge in [-0.2, -0.15) is 0 Å². The van der Waals surface area contributed by atoms with Crippen LogP contribution in [0.25, 0.3) is 11.0 Å². The second kappa shape index (κ2) is 9.02. The Hall–Kier alpha value is -3.36. The molecular weight excluding hydrogens is 488 g/mol. The molecule has 1 atom stereocenters. The van der Waals surface area contributed by atoms with Crippen LogP contribution in [0.4, 0.5) is 5.13 Å². The summed E-state index contributed by atoms with van der Waals surface area (Å²) in [5, 5.41) is 1.22. The quantitative estimate of drug-likeness (QED) is 0.313. The Kier molecular flexibility index (Phi) is 6.02. The number of anilines is 1. The van der Waals surface area contributed by atoms with Crippen LogP contribution >= 0.6 is 22.9 Å². The largest absolute Gasteiger partial charge is 0.493 e. The van der Waals surface area contributed by atoms with Crippen molar-refractivity contribution in [2.75, 3.05) is 18.6 Å². The van der Waals surface area contributed by atoms with Crippen molar-refractivity contribution < 1.29 is 18.7 Å². The number of thiazole rings is 1. The molecule has 1 aliphatic heterocycles. The molecule has 180 valence electrons. The number of amides is 1. The minimum absolute atomic E-state index is 0.00519. The highest BCUT2D eigenvalue weighted by Crippen LogP contribution is 2.44. The van der Waals surface area contributed by atoms with E-state index in [2.05, 4.69) is 4.98 Å². The molecule has 0 saturated heterocycles. The Morgan fingerprint density at radius 2 is 1.94 bits per heavy atom. The third-order valence-corrected chi connectivity index (χ3v) is 7.33. The number of aryl methyl sites for hydroxylation is 2. The van der Waals surface area contributed by atoms with Gasteiger partial charge in [0.15, 0.2) is 22.1 Å². The fourth-order valence-electron chi connectivity index (χ4n) is 4.20. The summed E-state index contributed by atoms with van der Waals surface area (Å²) < 4.78 is 17.4. The fraction of sp³-hybridized carbons (Fsp3) is 0.269. The highest BCUT2D eigenvalue weighted by molar-refractivity contribution is 7.15. The molecule has 0 N–H and O–H groups in total. The number of carbonyl (C=O) groups excluding carboxylic acids is 1. The third kappa shape index (κ3) is 3.86. The number of nitrogens with zero attached hydrogens (tertiary/aromatic N) is 2. The highest BCUT2D eigenvalue weighted by Gasteiger charge is 2.45. The number of ether oxygens (including phenoxy) is 2. The predicted octanol–water partition coefficient (Wildman–Crippen LogP) is 6.07. The molecule has 1 unspecified atom stereocenters. The second-order valence-corrected chi connectivity index (χ2v) is 9.91. The van der Waals surface area contributed by atoms with Crippen molar-refractivity contribution >= 4 is 44.9 Å². The van der Waals surface area contributed by atoms with E-state index in [9.17, 15) is 9.59 Å². The van der Waals surface area contributed by atoms with Gasteiger partial charge in [-0.05, 0) is 56.2 Å². The Morgan fingerprint density at radius 1 is 1.14 bits per heavy atom. The molecule has 0 bridgehead atoms. The molecule has 2 aromatic carbocycles. The van der Waals surface area contributed by atoms with Crippen LogP contribution in [-0.2, 0) is 0 Å². The van der Waals surface area contributed by atoms with Crippen LogP contribution in [0.3, 0.4) is 0 Å². The van der Waals surface area contributed by atoms with Crippen LogP contribution < -0.4 is 19.8 Å². The molecule has 0 saturated carbocycles. The van der Waals surface area contributed by atoms with E-state index >= 15 is 0 Å². The number of carbonyl (C=O) groups is 1. The van der Waals surface area contributed by atoms with Crippen molar-refractivity contribution in [1.29, 1.82) is 0 Å². The van der Waals surface area contributed by atoms with Crippen molar-refractivity contribution in [1.82, 2.24) is 4.98 Å². The standard InChI is InChI=1S/C26H23ClN2O5S/c1-5-10-33-19-8-6-15(11-20(19)32-4)22-21-23(30)17-12-16(27)7-9-18(17)34-24(21)25(31)29(22)26-28-13(2)14(3)35-26/h6-9,11-12,22H,5,10H2,1-4H3. The van der Waals surface area contributed by atoms with Crippen molar-refractivity contribution in [2.24, 2.45) is 0 Å². The molecule has 0 aliphatic carbocycles. The topological polar surface area (TPSA) is 81.9 Å². The van der Waals surface area contributed by atoms with E-state index in [1.807, 2.05) is 26.8 Å². The van der Waals surface area contributed by atoms with Crippen molar-refractivity contribution in [3.05, 3.63) is 79.1 Å². The number of rotatable bonds is 6. The first-order valence-electron chi connectivity index (χ1n) is 11.2. The molecule has 2 aromatic heterocycles. The molecule has 5 rings (SSSR count). The fourth-order valence-corrected chi connectivity index (χ4v) is 5.31. The zero-order valence-corrected chi connectivity index (χ0v) is 21.2. The molecule has 0 radical (unpaired) electrons. The van der Waals surface area contributed by atoms with Crippen LogP contribution in [0.15, 0.2) is 45.6 Å². The van der Waals surface area contributed by atoms with Gasteiger partial charge >= 0.3 is 0 Å². The van der Waals surface area contributed by atoms with E-state index in [0.717, 1.165) is 17.0 Å². The van der Waals surface area contributed by atoms with Gasteiger partial charge in [0.2, 0.25) is 5.76 Å². The number of hydrogen-bond acceptors (Lipinski definition) is 7. The van der Waals surface area contributed by atoms with Crippen molar-refractivity contribution in [2.45, 2.75) is 33.2 Å². The van der Waals surface area contributed by atoms with Crippen molar-refractivity contribution in [3.63, 3.8) is 0 Å². The molecular formula is C26H23ClN2O5S. The maximum absolute atomic E-state index is 13.7. The van der Waals surface area contributed by atoms with Crippen molar-refractivity contribution in [3.8, 4) is 11.5 Å². The SMILES string of the molecule is CCCOc1ccc(C2c3c(oc4ccc(Cl)cc4c3=O)C(=O)N2c2nc(C)c(C)s2)cc1OC. The molecule has 0 fully saturated rings. The first kappa shape index (κ1) is 23.4. The molecule has 4 aromatic rings. The average molecular weight is 511 g/mol. The van der Waals surface area contributed by atoms with Crippen LogP contribution in [0.1, 0.15) is 51.6 Å². The van der Waals surface area contributed by atoms with Crippen LogP contribution in [0.5, 0.6) is 11.5 Å². The van der Waals surface area contributed by atoms with Gasteiger partial charge in [-0.1, -0.05) is 24.6 Å². The van der Waals surface area contributed by atoms with Gasteiger partial charge in [0.25, 0.3) is 5.91 Å². The summed E-state index contributed by atoms with van der Waals surface area (Å²) >= 11 is 7.56. The molecule has 1 amide bonds. The lowest BCUT2D eigenvalue weighted by atomic mass is 9.98. The molecule has 3 heterocycles. The summed E-state index contributed by atoms with van der Waals surface area (Å²) in [4.78, 5) is 34.6. The minimum Gasteiger partial charge on any atom is -0.493 e. The van der Waals surface area contributed by atoms with E-state index in [0.29, 0.717) is 44.8 Å². The lowest BCUT2D eigenvalue weighted by Gasteiger charge is -2.23. The Labute approximate surface area is 210 Å². The van der Waals surface area contributed by atoms with Gasteiger partial charge in [-0.15, -0.1) is 11.3 Å². The van der Waals surface area contributed by atoms with E-state index in [-0.39, 0.29) is 16.8 Å². The number of fused-ring (bicyclic) bond motifs is 2. The van der Waals surface area contributed by atoms with Crippen LogP contribution in [0.2, 0.25) is 5.02 Å². The maximum Gasteiger partial charge on any atom is 0.297 e. The van der Waals surface area contributed by atoms with Gasteiger partial charge in [-0.3, -0.25) is 14.5 Å². The number of benzene rings is 2. The van der Waals surface area contributed by atoms with Gasteiger partial charge in [0.1, 0.15) is 5.58 Å². The molecule has 7 nitrogen and oxygen atoms in total. The van der Waals surface area contributed by atoms with E-state index in [1.54, 1.807) is 37.4 Å². The van der Waals surface area contributed by atoms with E-state index < -0.39 is 11.9 Å². The zero-order chi connectivity index (χ0) is 24.9. The van der Waals surface area contributed by atoms with E-state index in [1.165, 1.54) is 16.2 Å². The highest BCUT2D eigenvalue weighted by atomic mass is 35.5. The minimum atomic E-state index is -0.754. The smallest absolute Gasteiger partial charge is 0.297 e. The first-order chi connectivity index (χ1) is 16.8. The molecule has 35 heavy (non-hydrogen) atoms. The lowest BCUT2D eigenvalue weighted by molar-refractivity contribution is 0.0971. The van der Waals surface area contributed by atoms with Gasteiger partial charge in [0, 0.05) is 9.90 Å². The molecule has 9 heteroatoms. The summed E-state index contributed by atoms with van der Waals surface area (Å²) in [5.41, 5.74) is 1.75. The number of hydrogen-bond donors (Lipinski definition) is 0. The Balaban J connectivity index is 1.76. The van der Waals surface area contributed by atoms with Crippen LogP contribution in [0, 0.1) is 13.8 Å². The number of methoxy groups -OCH3 is 1. The summed E-state index contributed by atoms with van der Waals surface area (Å²) in [6.07, 6.45) is 0.850. The third-order valence-electron chi connectivity index (χ3n) is 6.02. The first-order valence-corrected chi connectivity index (χ1v) is 12.4. The summed E-state index contributed by atoms with van der Waals surface area (Å²) in [6.45, 7) is 6.40. The maximum atomic E-state index is 13.7. The van der Waals surface area contributed by atoms with Gasteiger partial charge < -0.3 is 13.9 Å². The number of halogens is 1. The number of aromatic nitrogens is 1. The zero-order valence-electron chi connectivity index (χ0n) is 19.7. The molecule has 0 spiro atoms.